The molecule has 0 aliphatic carbocycles. The van der Waals surface area contributed by atoms with E-state index in [9.17, 15) is 4.79 Å². The Kier molecular flexibility index (Phi) is 6.49. The van der Waals surface area contributed by atoms with Gasteiger partial charge in [0.25, 0.3) is 5.91 Å². The van der Waals surface area contributed by atoms with E-state index in [0.717, 1.165) is 41.0 Å². The third-order valence-corrected chi connectivity index (χ3v) is 6.09. The van der Waals surface area contributed by atoms with E-state index in [1.807, 2.05) is 38.4 Å². The Morgan fingerprint density at radius 1 is 1.09 bits per heavy atom. The zero-order chi connectivity index (χ0) is 23.4. The van der Waals surface area contributed by atoms with Crippen molar-refractivity contribution in [2.24, 2.45) is 0 Å². The molecule has 4 rings (SSSR count). The number of H-pyrrole nitrogens is 1. The number of nitrogens with zero attached hydrogens (tertiary/aromatic N) is 3. The van der Waals surface area contributed by atoms with Gasteiger partial charge < -0.3 is 15.0 Å². The fourth-order valence-electron chi connectivity index (χ4n) is 4.15. The number of rotatable bonds is 8. The van der Waals surface area contributed by atoms with Crippen LogP contribution in [0.1, 0.15) is 50.1 Å². The molecule has 0 saturated carbocycles. The maximum Gasteiger partial charge on any atom is 0.256 e. The van der Waals surface area contributed by atoms with Gasteiger partial charge in [-0.3, -0.25) is 9.89 Å². The molecule has 1 amide bonds. The number of aromatic amines is 1. The van der Waals surface area contributed by atoms with Crippen molar-refractivity contribution in [3.63, 3.8) is 0 Å². The fraction of sp³-hybridized carbons (Fsp3) is 0.346. The summed E-state index contributed by atoms with van der Waals surface area (Å²) in [5.41, 5.74) is 4.01. The van der Waals surface area contributed by atoms with Crippen LogP contribution < -0.4 is 15.0 Å². The lowest BCUT2D eigenvalue weighted by atomic mass is 9.78. The molecule has 0 radical (unpaired) electrons. The van der Waals surface area contributed by atoms with Gasteiger partial charge in [0, 0.05) is 26.2 Å². The van der Waals surface area contributed by atoms with E-state index in [4.69, 9.17) is 4.74 Å². The predicted octanol–water partition coefficient (Wildman–Crippen LogP) is 4.40. The smallest absolute Gasteiger partial charge is 0.256 e. The van der Waals surface area contributed by atoms with Gasteiger partial charge in [-0.1, -0.05) is 37.6 Å². The molecule has 1 aromatic heterocycles. The van der Waals surface area contributed by atoms with Crippen LogP contribution in [0.2, 0.25) is 0 Å². The Bertz CT molecular complexity index is 1120. The summed E-state index contributed by atoms with van der Waals surface area (Å²) in [5, 5.41) is 10.0. The van der Waals surface area contributed by atoms with Gasteiger partial charge in [0.05, 0.1) is 17.7 Å². The van der Waals surface area contributed by atoms with Crippen LogP contribution in [0, 0.1) is 0 Å². The lowest BCUT2D eigenvalue weighted by Crippen LogP contribution is -2.47. The average Bonchev–Trinajstić information content (AvgIpc) is 3.33. The van der Waals surface area contributed by atoms with Crippen LogP contribution in [0.4, 0.5) is 5.69 Å². The van der Waals surface area contributed by atoms with Gasteiger partial charge in [0.15, 0.2) is 5.82 Å². The largest absolute Gasteiger partial charge is 0.494 e. The summed E-state index contributed by atoms with van der Waals surface area (Å²) in [6.07, 6.45) is 4.17. The molecular weight excluding hydrogens is 414 g/mol. The normalized spacial score (nSPS) is 18.2. The number of unbranched alkanes of at least 4 members (excludes halogenated alkanes) is 1. The molecule has 2 heterocycles. The number of carbonyl (C=O) groups excluding carboxylic acids is 1. The first-order valence-electron chi connectivity index (χ1n) is 11.3. The molecule has 2 aromatic carbocycles. The molecule has 2 N–H and O–H groups in total. The van der Waals surface area contributed by atoms with Crippen molar-refractivity contribution in [1.29, 1.82) is 0 Å². The summed E-state index contributed by atoms with van der Waals surface area (Å²) in [4.78, 5) is 19.7. The number of anilines is 1. The van der Waals surface area contributed by atoms with Gasteiger partial charge in [-0.15, -0.1) is 0 Å². The average molecular weight is 446 g/mol. The summed E-state index contributed by atoms with van der Waals surface area (Å²) >= 11 is 0. The molecule has 3 aromatic rings. The second-order valence-corrected chi connectivity index (χ2v) is 8.82. The Balaban J connectivity index is 1.70. The molecule has 33 heavy (non-hydrogen) atoms. The van der Waals surface area contributed by atoms with Crippen molar-refractivity contribution in [2.45, 2.75) is 38.6 Å². The highest BCUT2D eigenvalue weighted by molar-refractivity contribution is 6.27. The van der Waals surface area contributed by atoms with Gasteiger partial charge in [-0.2, -0.15) is 5.10 Å². The van der Waals surface area contributed by atoms with Crippen molar-refractivity contribution in [1.82, 2.24) is 20.5 Å². The third-order valence-electron chi connectivity index (χ3n) is 6.09. The summed E-state index contributed by atoms with van der Waals surface area (Å²) in [5.74, 6) is 1.15. The highest BCUT2D eigenvalue weighted by atomic mass is 16.5. The number of hydrogen-bond acceptors (Lipinski definition) is 5. The van der Waals surface area contributed by atoms with Gasteiger partial charge in [-0.05, 0) is 54.3 Å². The van der Waals surface area contributed by atoms with Crippen molar-refractivity contribution < 1.29 is 9.53 Å². The van der Waals surface area contributed by atoms with Crippen LogP contribution >= 0.6 is 0 Å². The Morgan fingerprint density at radius 2 is 1.82 bits per heavy atom. The molecule has 0 fully saturated rings. The summed E-state index contributed by atoms with van der Waals surface area (Å²) in [6, 6.07) is 16.3. The molecule has 1 aliphatic rings. The molecule has 1 aliphatic heterocycles. The second kappa shape index (κ2) is 9.48. The van der Waals surface area contributed by atoms with Crippen molar-refractivity contribution in [3.8, 4) is 5.75 Å². The molecular formula is C26H31N5O2. The van der Waals surface area contributed by atoms with E-state index >= 15 is 0 Å². The SMILES string of the molecule is CCCCOc1ccc(C2(C)CC(c3ccc(N(C)C)cc3)=C(c3ncn[nH]3)C(=O)N2)cc1. The zero-order valence-corrected chi connectivity index (χ0v) is 19.7. The fourth-order valence-corrected chi connectivity index (χ4v) is 4.15. The highest BCUT2D eigenvalue weighted by Gasteiger charge is 2.38. The maximum absolute atomic E-state index is 13.4. The zero-order valence-electron chi connectivity index (χ0n) is 19.7. The molecule has 7 nitrogen and oxygen atoms in total. The first-order valence-corrected chi connectivity index (χ1v) is 11.3. The van der Waals surface area contributed by atoms with Gasteiger partial charge >= 0.3 is 0 Å². The van der Waals surface area contributed by atoms with Crippen molar-refractivity contribution in [3.05, 3.63) is 71.8 Å². The topological polar surface area (TPSA) is 83.1 Å². The number of amides is 1. The summed E-state index contributed by atoms with van der Waals surface area (Å²) < 4.78 is 5.81. The minimum atomic E-state index is -0.571. The van der Waals surface area contributed by atoms with Gasteiger partial charge in [-0.25, -0.2) is 4.98 Å². The van der Waals surface area contributed by atoms with E-state index in [1.54, 1.807) is 0 Å². The van der Waals surface area contributed by atoms with E-state index in [0.29, 0.717) is 24.4 Å². The van der Waals surface area contributed by atoms with E-state index in [-0.39, 0.29) is 5.91 Å². The number of ether oxygens (including phenoxy) is 1. The van der Waals surface area contributed by atoms with E-state index in [2.05, 4.69) is 63.5 Å². The number of hydrogen-bond donors (Lipinski definition) is 2. The van der Waals surface area contributed by atoms with E-state index in [1.165, 1.54) is 6.33 Å². The molecule has 0 saturated heterocycles. The van der Waals surface area contributed by atoms with Gasteiger partial charge in [0.2, 0.25) is 0 Å². The molecule has 1 atom stereocenters. The quantitative estimate of drug-likeness (QED) is 0.502. The number of carbonyl (C=O) groups is 1. The van der Waals surface area contributed by atoms with Gasteiger partial charge in [0.1, 0.15) is 12.1 Å². The molecule has 172 valence electrons. The number of aromatic nitrogens is 3. The Labute approximate surface area is 194 Å². The highest BCUT2D eigenvalue weighted by Crippen LogP contribution is 2.41. The second-order valence-electron chi connectivity index (χ2n) is 8.82. The standard InChI is InChI=1S/C26H31N5O2/c1-5-6-15-33-21-13-9-19(10-14-21)26(2)16-22(18-7-11-20(12-8-18)31(3)4)23(25(32)29-26)24-27-17-28-30-24/h7-14,17H,5-6,15-16H2,1-4H3,(H,29,32)(H,27,28,30). The van der Waals surface area contributed by atoms with Crippen LogP contribution in [0.25, 0.3) is 11.1 Å². The Hall–Kier alpha value is -3.61. The van der Waals surface area contributed by atoms with Crippen molar-refractivity contribution in [2.75, 3.05) is 25.6 Å². The third kappa shape index (κ3) is 4.77. The predicted molar refractivity (Wildman–Crippen MR) is 131 cm³/mol. The first-order chi connectivity index (χ1) is 15.9. The number of nitrogens with one attached hydrogen (secondary N) is 2. The lowest BCUT2D eigenvalue weighted by molar-refractivity contribution is -0.117. The minimum absolute atomic E-state index is 0.171. The Morgan fingerprint density at radius 3 is 2.42 bits per heavy atom. The monoisotopic (exact) mass is 445 g/mol. The van der Waals surface area contributed by atoms with Crippen LogP contribution in [-0.4, -0.2) is 41.8 Å². The van der Waals surface area contributed by atoms with E-state index < -0.39 is 5.54 Å². The van der Waals surface area contributed by atoms with Crippen molar-refractivity contribution >= 4 is 22.7 Å². The first kappa shape index (κ1) is 22.6. The summed E-state index contributed by atoms with van der Waals surface area (Å²) in [6.45, 7) is 4.91. The van der Waals surface area contributed by atoms with Crippen LogP contribution in [0.15, 0.2) is 54.9 Å². The maximum atomic E-state index is 13.4. The van der Waals surface area contributed by atoms with Crippen LogP contribution in [0.3, 0.4) is 0 Å². The van der Waals surface area contributed by atoms with Crippen LogP contribution in [-0.2, 0) is 10.3 Å². The lowest BCUT2D eigenvalue weighted by Gasteiger charge is -2.37. The summed E-state index contributed by atoms with van der Waals surface area (Å²) in [7, 11) is 4.02. The molecule has 7 heteroatoms. The molecule has 0 spiro atoms. The molecule has 0 bridgehead atoms. The minimum Gasteiger partial charge on any atom is -0.494 e. The number of benzene rings is 2. The molecule has 1 unspecified atom stereocenters. The van der Waals surface area contributed by atoms with Crippen LogP contribution in [0.5, 0.6) is 5.75 Å².